The van der Waals surface area contributed by atoms with E-state index in [0.29, 0.717) is 0 Å². The third-order valence-corrected chi connectivity index (χ3v) is 8.20. The summed E-state index contributed by atoms with van der Waals surface area (Å²) in [7, 11) is 0. The summed E-state index contributed by atoms with van der Waals surface area (Å²) in [5, 5.41) is 0.236. The maximum atomic E-state index is 13.4. The van der Waals surface area contributed by atoms with Gasteiger partial charge in [0.1, 0.15) is 0 Å². The number of para-hydroxylation sites is 1. The van der Waals surface area contributed by atoms with Crippen LogP contribution in [-0.2, 0) is 6.18 Å². The van der Waals surface area contributed by atoms with Crippen LogP contribution in [0.15, 0.2) is 77.7 Å². The molecule has 0 radical (unpaired) electrons. The van der Waals surface area contributed by atoms with Crippen molar-refractivity contribution in [1.29, 1.82) is 0 Å². The highest BCUT2D eigenvalue weighted by molar-refractivity contribution is 8.00. The standard InChI is InChI=1S/C27H30F3N3S/c28-27(29,30)21-12-13-26-24(20-21)33(23-10-4-5-11-25(23)34-26)15-7-6-14-31-16-18-32(19-17-31)22-8-2-1-3-9-22/h1-5,8-13,20,23,25H,6-7,14-19H2. The number of benzene rings is 2. The van der Waals surface area contributed by atoms with Crippen LogP contribution in [0.4, 0.5) is 24.5 Å². The average molecular weight is 486 g/mol. The van der Waals surface area contributed by atoms with Gasteiger partial charge in [0.15, 0.2) is 0 Å². The number of piperazine rings is 1. The van der Waals surface area contributed by atoms with Gasteiger partial charge in [-0.1, -0.05) is 42.5 Å². The largest absolute Gasteiger partial charge is 0.416 e. The first kappa shape index (κ1) is 23.4. The molecule has 0 N–H and O–H groups in total. The summed E-state index contributed by atoms with van der Waals surface area (Å²) in [6.45, 7) is 5.95. The summed E-state index contributed by atoms with van der Waals surface area (Å²) in [6, 6.07) is 14.8. The van der Waals surface area contributed by atoms with Crippen LogP contribution in [0.2, 0.25) is 0 Å². The van der Waals surface area contributed by atoms with Gasteiger partial charge in [-0.25, -0.2) is 0 Å². The third kappa shape index (κ3) is 5.15. The summed E-state index contributed by atoms with van der Waals surface area (Å²) >= 11 is 1.66. The highest BCUT2D eigenvalue weighted by Gasteiger charge is 2.36. The molecule has 2 aromatic carbocycles. The lowest BCUT2D eigenvalue weighted by Crippen LogP contribution is -2.47. The number of hydrogen-bond donors (Lipinski definition) is 0. The smallest absolute Gasteiger partial charge is 0.369 e. The van der Waals surface area contributed by atoms with E-state index in [4.69, 9.17) is 0 Å². The molecule has 0 aromatic heterocycles. The van der Waals surface area contributed by atoms with Crippen LogP contribution < -0.4 is 9.80 Å². The Morgan fingerprint density at radius 3 is 2.35 bits per heavy atom. The maximum Gasteiger partial charge on any atom is 0.416 e. The first-order valence-corrected chi connectivity index (χ1v) is 12.9. The number of fused-ring (bicyclic) bond motifs is 2. The van der Waals surface area contributed by atoms with E-state index in [1.54, 1.807) is 17.8 Å². The zero-order valence-electron chi connectivity index (χ0n) is 19.1. The number of thioether (sulfide) groups is 1. The SMILES string of the molecule is FC(F)(F)c1ccc2c(c1)N(CCCCN1CCN(c3ccccc3)CC1)C1C=CC=CC1S2. The zero-order chi connectivity index (χ0) is 23.5. The second kappa shape index (κ2) is 10.1. The summed E-state index contributed by atoms with van der Waals surface area (Å²) in [4.78, 5) is 8.07. The first-order chi connectivity index (χ1) is 16.5. The Balaban J connectivity index is 1.19. The summed E-state index contributed by atoms with van der Waals surface area (Å²) in [5.74, 6) is 0. The van der Waals surface area contributed by atoms with Gasteiger partial charge in [-0.15, -0.1) is 11.8 Å². The molecule has 1 aliphatic carbocycles. The fraction of sp³-hybridized carbons (Fsp3) is 0.407. The summed E-state index contributed by atoms with van der Waals surface area (Å²) in [6.07, 6.45) is 6.02. The van der Waals surface area contributed by atoms with Crippen LogP contribution in [-0.4, -0.2) is 55.5 Å². The Morgan fingerprint density at radius 2 is 1.59 bits per heavy atom. The Bertz CT molecular complexity index is 1030. The lowest BCUT2D eigenvalue weighted by atomic mass is 10.0. The van der Waals surface area contributed by atoms with E-state index in [2.05, 4.69) is 51.1 Å². The van der Waals surface area contributed by atoms with Crippen LogP contribution in [0.3, 0.4) is 0 Å². The molecule has 3 aliphatic rings. The molecule has 1 saturated heterocycles. The molecule has 2 heterocycles. The summed E-state index contributed by atoms with van der Waals surface area (Å²) < 4.78 is 40.2. The molecule has 180 valence electrons. The Kier molecular flexibility index (Phi) is 6.93. The molecule has 0 bridgehead atoms. The quantitative estimate of drug-likeness (QED) is 0.459. The Labute approximate surface area is 203 Å². The number of hydrogen-bond acceptors (Lipinski definition) is 4. The lowest BCUT2D eigenvalue weighted by Gasteiger charge is -2.42. The highest BCUT2D eigenvalue weighted by Crippen LogP contribution is 2.45. The van der Waals surface area contributed by atoms with Gasteiger partial charge in [-0.05, 0) is 49.7 Å². The van der Waals surface area contributed by atoms with Crippen molar-refractivity contribution in [3.63, 3.8) is 0 Å². The number of rotatable bonds is 6. The second-order valence-corrected chi connectivity index (χ2v) is 10.3. The normalized spacial score (nSPS) is 22.6. The van der Waals surface area contributed by atoms with E-state index in [9.17, 15) is 13.2 Å². The molecule has 2 aliphatic heterocycles. The molecule has 1 fully saturated rings. The van der Waals surface area contributed by atoms with E-state index in [1.165, 1.54) is 17.8 Å². The van der Waals surface area contributed by atoms with Gasteiger partial charge in [-0.2, -0.15) is 13.2 Å². The molecule has 2 aromatic rings. The molecule has 2 unspecified atom stereocenters. The molecule has 2 atom stereocenters. The maximum absolute atomic E-state index is 13.4. The fourth-order valence-corrected chi connectivity index (χ4v) is 6.33. The minimum absolute atomic E-state index is 0.0976. The van der Waals surface area contributed by atoms with Crippen molar-refractivity contribution < 1.29 is 13.2 Å². The number of alkyl halides is 3. The van der Waals surface area contributed by atoms with Gasteiger partial charge in [0.05, 0.1) is 22.5 Å². The fourth-order valence-electron chi connectivity index (χ4n) is 5.05. The van der Waals surface area contributed by atoms with Gasteiger partial charge >= 0.3 is 6.18 Å². The molecule has 7 heteroatoms. The lowest BCUT2D eigenvalue weighted by molar-refractivity contribution is -0.137. The van der Waals surface area contributed by atoms with Crippen molar-refractivity contribution in [3.8, 4) is 0 Å². The van der Waals surface area contributed by atoms with Gasteiger partial charge < -0.3 is 9.80 Å². The Morgan fingerprint density at radius 1 is 0.853 bits per heavy atom. The molecular formula is C27H30F3N3S. The van der Waals surface area contributed by atoms with Crippen molar-refractivity contribution in [1.82, 2.24) is 4.90 Å². The number of allylic oxidation sites excluding steroid dienone is 2. The van der Waals surface area contributed by atoms with Crippen molar-refractivity contribution in [3.05, 3.63) is 78.4 Å². The van der Waals surface area contributed by atoms with Crippen LogP contribution in [0.1, 0.15) is 18.4 Å². The van der Waals surface area contributed by atoms with Gasteiger partial charge in [0.25, 0.3) is 0 Å². The van der Waals surface area contributed by atoms with E-state index in [-0.39, 0.29) is 11.3 Å². The zero-order valence-corrected chi connectivity index (χ0v) is 19.9. The number of nitrogens with zero attached hydrogens (tertiary/aromatic N) is 3. The monoisotopic (exact) mass is 485 g/mol. The van der Waals surface area contributed by atoms with Crippen LogP contribution in [0, 0.1) is 0 Å². The number of anilines is 2. The van der Waals surface area contributed by atoms with Crippen LogP contribution in [0.5, 0.6) is 0 Å². The molecule has 0 spiro atoms. The van der Waals surface area contributed by atoms with E-state index in [0.717, 1.165) is 62.7 Å². The van der Waals surface area contributed by atoms with E-state index >= 15 is 0 Å². The van der Waals surface area contributed by atoms with Gasteiger partial charge in [0, 0.05) is 43.3 Å². The minimum atomic E-state index is -4.33. The molecule has 5 rings (SSSR count). The molecule has 3 nitrogen and oxygen atoms in total. The molecular weight excluding hydrogens is 455 g/mol. The predicted molar refractivity (Wildman–Crippen MR) is 135 cm³/mol. The summed E-state index contributed by atoms with van der Waals surface area (Å²) in [5.41, 5.74) is 1.44. The van der Waals surface area contributed by atoms with E-state index < -0.39 is 11.7 Å². The van der Waals surface area contributed by atoms with Crippen molar-refractivity contribution in [2.75, 3.05) is 49.1 Å². The van der Waals surface area contributed by atoms with Crippen molar-refractivity contribution >= 4 is 23.1 Å². The Hall–Kier alpha value is -2.38. The number of halogens is 3. The second-order valence-electron chi connectivity index (χ2n) is 9.09. The molecule has 0 saturated carbocycles. The predicted octanol–water partition coefficient (Wildman–Crippen LogP) is 6.08. The highest BCUT2D eigenvalue weighted by atomic mass is 32.2. The number of unbranched alkanes of at least 4 members (excludes halogenated alkanes) is 1. The third-order valence-electron chi connectivity index (χ3n) is 6.89. The topological polar surface area (TPSA) is 9.72 Å². The molecule has 34 heavy (non-hydrogen) atoms. The van der Waals surface area contributed by atoms with Crippen molar-refractivity contribution in [2.24, 2.45) is 0 Å². The van der Waals surface area contributed by atoms with Crippen molar-refractivity contribution in [2.45, 2.75) is 35.2 Å². The van der Waals surface area contributed by atoms with E-state index in [1.807, 2.05) is 18.2 Å². The van der Waals surface area contributed by atoms with Gasteiger partial charge in [0.2, 0.25) is 0 Å². The van der Waals surface area contributed by atoms with Crippen LogP contribution >= 0.6 is 11.8 Å². The average Bonchev–Trinajstić information content (AvgIpc) is 2.86. The van der Waals surface area contributed by atoms with Gasteiger partial charge in [-0.3, -0.25) is 4.90 Å². The minimum Gasteiger partial charge on any atom is -0.369 e. The first-order valence-electron chi connectivity index (χ1n) is 12.0. The molecule has 0 amide bonds. The van der Waals surface area contributed by atoms with Crippen LogP contribution in [0.25, 0.3) is 0 Å².